The summed E-state index contributed by atoms with van der Waals surface area (Å²) in [6.07, 6.45) is 0. The number of benzene rings is 3. The normalized spacial score (nSPS) is 10.8. The van der Waals surface area contributed by atoms with Crippen LogP contribution in [0.2, 0.25) is 5.02 Å². The zero-order chi connectivity index (χ0) is 18.1. The van der Waals surface area contributed by atoms with Crippen LogP contribution in [-0.2, 0) is 4.79 Å². The molecule has 0 saturated carbocycles. The van der Waals surface area contributed by atoms with Gasteiger partial charge in [-0.3, -0.25) is 4.79 Å². The van der Waals surface area contributed by atoms with Crippen LogP contribution in [0.1, 0.15) is 6.92 Å². The van der Waals surface area contributed by atoms with Crippen LogP contribution >= 0.6 is 11.6 Å². The zero-order valence-electron chi connectivity index (χ0n) is 14.0. The van der Waals surface area contributed by atoms with E-state index in [1.807, 2.05) is 54.6 Å². The third-order valence-electron chi connectivity index (χ3n) is 4.03. The number of nitrogens with zero attached hydrogens (tertiary/aromatic N) is 1. The van der Waals surface area contributed by atoms with Crippen LogP contribution in [-0.4, -0.2) is 10.9 Å². The molecule has 128 valence electrons. The Labute approximate surface area is 155 Å². The monoisotopic (exact) mass is 362 g/mol. The van der Waals surface area contributed by atoms with E-state index in [2.05, 4.69) is 10.3 Å². The van der Waals surface area contributed by atoms with Crippen molar-refractivity contribution < 1.29 is 9.21 Å². The molecule has 0 radical (unpaired) electrons. The quantitative estimate of drug-likeness (QED) is 0.503. The maximum absolute atomic E-state index is 11.4. The first-order valence-electron chi connectivity index (χ1n) is 8.14. The molecule has 0 saturated heterocycles. The van der Waals surface area contributed by atoms with Crippen molar-refractivity contribution in [3.8, 4) is 22.6 Å². The molecule has 4 rings (SSSR count). The van der Waals surface area contributed by atoms with Crippen molar-refractivity contribution in [1.82, 2.24) is 4.98 Å². The summed E-state index contributed by atoms with van der Waals surface area (Å²) >= 11 is 5.94. The molecule has 0 fully saturated rings. The fourth-order valence-electron chi connectivity index (χ4n) is 2.84. The number of hydrogen-bond acceptors (Lipinski definition) is 3. The van der Waals surface area contributed by atoms with Gasteiger partial charge in [-0.2, -0.15) is 0 Å². The lowest BCUT2D eigenvalue weighted by atomic mass is 10.0. The number of anilines is 1. The number of carbonyl (C=O) groups excluding carboxylic acids is 1. The van der Waals surface area contributed by atoms with Crippen LogP contribution in [0, 0.1) is 0 Å². The molecule has 1 aromatic heterocycles. The Bertz CT molecular complexity index is 1100. The van der Waals surface area contributed by atoms with E-state index < -0.39 is 0 Å². The topological polar surface area (TPSA) is 55.1 Å². The molecule has 0 aliphatic carbocycles. The first-order chi connectivity index (χ1) is 12.6. The van der Waals surface area contributed by atoms with Gasteiger partial charge in [-0.25, -0.2) is 4.98 Å². The molecule has 0 bridgehead atoms. The maximum Gasteiger partial charge on any atom is 0.227 e. The van der Waals surface area contributed by atoms with Crippen molar-refractivity contribution in [2.75, 3.05) is 5.32 Å². The summed E-state index contributed by atoms with van der Waals surface area (Å²) in [4.78, 5) is 16.0. The number of amides is 1. The van der Waals surface area contributed by atoms with Crippen LogP contribution in [0.3, 0.4) is 0 Å². The van der Waals surface area contributed by atoms with E-state index >= 15 is 0 Å². The van der Waals surface area contributed by atoms with E-state index in [9.17, 15) is 4.79 Å². The first-order valence-corrected chi connectivity index (χ1v) is 8.51. The molecule has 3 aromatic carbocycles. The summed E-state index contributed by atoms with van der Waals surface area (Å²) in [5, 5.41) is 3.53. The lowest BCUT2D eigenvalue weighted by Gasteiger charge is -2.09. The molecule has 0 spiro atoms. The van der Waals surface area contributed by atoms with Gasteiger partial charge in [0.05, 0.1) is 0 Å². The molecule has 0 atom stereocenters. The minimum Gasteiger partial charge on any atom is -0.436 e. The Hall–Kier alpha value is -3.11. The second-order valence-corrected chi connectivity index (χ2v) is 6.37. The third kappa shape index (κ3) is 3.19. The lowest BCUT2D eigenvalue weighted by Crippen LogP contribution is -2.06. The Morgan fingerprint density at radius 1 is 1.00 bits per heavy atom. The Morgan fingerprint density at radius 3 is 2.50 bits per heavy atom. The van der Waals surface area contributed by atoms with Crippen LogP contribution in [0.25, 0.3) is 33.7 Å². The largest absolute Gasteiger partial charge is 0.436 e. The summed E-state index contributed by atoms with van der Waals surface area (Å²) in [6.45, 7) is 1.50. The smallest absolute Gasteiger partial charge is 0.227 e. The van der Waals surface area contributed by atoms with E-state index in [1.54, 1.807) is 12.1 Å². The predicted molar refractivity (Wildman–Crippen MR) is 104 cm³/mol. The molecule has 0 unspecified atom stereocenters. The predicted octanol–water partition coefficient (Wildman–Crippen LogP) is 5.77. The molecule has 1 amide bonds. The number of aromatic nitrogens is 1. The minimum absolute atomic E-state index is 0.106. The van der Waals surface area contributed by atoms with E-state index in [-0.39, 0.29) is 5.91 Å². The number of rotatable bonds is 3. The fraction of sp³-hybridized carbons (Fsp3) is 0.0476. The van der Waals surface area contributed by atoms with Crippen molar-refractivity contribution in [1.29, 1.82) is 0 Å². The van der Waals surface area contributed by atoms with E-state index in [0.717, 1.165) is 27.9 Å². The molecule has 4 aromatic rings. The van der Waals surface area contributed by atoms with Gasteiger partial charge in [-0.1, -0.05) is 35.9 Å². The van der Waals surface area contributed by atoms with Crippen LogP contribution in [0.5, 0.6) is 0 Å². The van der Waals surface area contributed by atoms with Gasteiger partial charge in [0.15, 0.2) is 5.58 Å². The Morgan fingerprint density at radius 2 is 1.73 bits per heavy atom. The Balaban J connectivity index is 1.77. The van der Waals surface area contributed by atoms with Crippen LogP contribution in [0.15, 0.2) is 71.1 Å². The molecule has 26 heavy (non-hydrogen) atoms. The molecule has 5 heteroatoms. The van der Waals surface area contributed by atoms with Gasteiger partial charge in [-0.05, 0) is 48.0 Å². The summed E-state index contributed by atoms with van der Waals surface area (Å²) in [5.74, 6) is 0.439. The van der Waals surface area contributed by atoms with Gasteiger partial charge in [0, 0.05) is 28.8 Å². The van der Waals surface area contributed by atoms with Crippen molar-refractivity contribution in [2.45, 2.75) is 6.92 Å². The second kappa shape index (κ2) is 6.65. The summed E-state index contributed by atoms with van der Waals surface area (Å²) in [6, 6.07) is 20.8. The van der Waals surface area contributed by atoms with E-state index in [1.165, 1.54) is 6.92 Å². The van der Waals surface area contributed by atoms with Gasteiger partial charge >= 0.3 is 0 Å². The summed E-state index contributed by atoms with van der Waals surface area (Å²) in [5.41, 5.74) is 4.98. The highest BCUT2D eigenvalue weighted by Crippen LogP contribution is 2.32. The van der Waals surface area contributed by atoms with Crippen LogP contribution < -0.4 is 5.32 Å². The van der Waals surface area contributed by atoms with E-state index in [0.29, 0.717) is 16.5 Å². The number of carbonyl (C=O) groups is 1. The van der Waals surface area contributed by atoms with Gasteiger partial charge < -0.3 is 9.73 Å². The molecular weight excluding hydrogens is 348 g/mol. The highest BCUT2D eigenvalue weighted by molar-refractivity contribution is 6.30. The first kappa shape index (κ1) is 16.4. The fourth-order valence-corrected chi connectivity index (χ4v) is 2.97. The number of para-hydroxylation sites is 1. The standard InChI is InChI=1S/C21H15ClN2O2/c1-13(25)23-18-5-3-2-4-17(18)15-8-11-20-19(12-15)24-21(26-20)14-6-9-16(22)10-7-14/h2-12H,1H3,(H,23,25). The molecule has 1 N–H and O–H groups in total. The van der Waals surface area contributed by atoms with Crippen molar-refractivity contribution in [3.05, 3.63) is 71.8 Å². The van der Waals surface area contributed by atoms with Gasteiger partial charge in [0.25, 0.3) is 0 Å². The number of fused-ring (bicyclic) bond motifs is 1. The SMILES string of the molecule is CC(=O)Nc1ccccc1-c1ccc2oc(-c3ccc(Cl)cc3)nc2c1. The van der Waals surface area contributed by atoms with Crippen molar-refractivity contribution in [3.63, 3.8) is 0 Å². The second-order valence-electron chi connectivity index (χ2n) is 5.94. The van der Waals surface area contributed by atoms with Gasteiger partial charge in [0.2, 0.25) is 11.8 Å². The van der Waals surface area contributed by atoms with Crippen molar-refractivity contribution in [2.24, 2.45) is 0 Å². The number of halogens is 1. The molecule has 4 nitrogen and oxygen atoms in total. The molecule has 1 heterocycles. The third-order valence-corrected chi connectivity index (χ3v) is 4.28. The maximum atomic E-state index is 11.4. The average Bonchev–Trinajstić information content (AvgIpc) is 3.05. The lowest BCUT2D eigenvalue weighted by molar-refractivity contribution is -0.114. The molecular formula is C21H15ClN2O2. The minimum atomic E-state index is -0.106. The number of oxazole rings is 1. The summed E-state index contributed by atoms with van der Waals surface area (Å²) < 4.78 is 5.86. The molecule has 0 aliphatic heterocycles. The summed E-state index contributed by atoms with van der Waals surface area (Å²) in [7, 11) is 0. The van der Waals surface area contributed by atoms with Gasteiger partial charge in [-0.15, -0.1) is 0 Å². The van der Waals surface area contributed by atoms with E-state index in [4.69, 9.17) is 16.0 Å². The average molecular weight is 363 g/mol. The molecule has 0 aliphatic rings. The van der Waals surface area contributed by atoms with Gasteiger partial charge in [0.1, 0.15) is 5.52 Å². The number of hydrogen-bond donors (Lipinski definition) is 1. The van der Waals surface area contributed by atoms with Crippen molar-refractivity contribution >= 4 is 34.3 Å². The number of nitrogens with one attached hydrogen (secondary N) is 1. The Kier molecular flexibility index (Phi) is 4.19. The highest BCUT2D eigenvalue weighted by atomic mass is 35.5. The van der Waals surface area contributed by atoms with Crippen LogP contribution in [0.4, 0.5) is 5.69 Å². The highest BCUT2D eigenvalue weighted by Gasteiger charge is 2.11. The zero-order valence-corrected chi connectivity index (χ0v) is 14.7.